The molecule has 2 nitrogen and oxygen atoms in total. The van der Waals surface area contributed by atoms with Crippen LogP contribution in [0.3, 0.4) is 0 Å². The van der Waals surface area contributed by atoms with Crippen molar-refractivity contribution in [2.45, 2.75) is 39.2 Å². The molecule has 1 aromatic heterocycles. The highest BCUT2D eigenvalue weighted by Gasteiger charge is 2.21. The summed E-state index contributed by atoms with van der Waals surface area (Å²) in [6.45, 7) is 4.43. The highest BCUT2D eigenvalue weighted by atomic mass is 15.0. The first-order valence-corrected chi connectivity index (χ1v) is 5.44. The van der Waals surface area contributed by atoms with E-state index in [1.54, 1.807) is 0 Å². The fourth-order valence-corrected chi connectivity index (χ4v) is 2.17. The molecule has 1 N–H and O–H groups in total. The summed E-state index contributed by atoms with van der Waals surface area (Å²) in [7, 11) is 0. The van der Waals surface area contributed by atoms with Crippen LogP contribution in [0.15, 0.2) is 18.3 Å². The van der Waals surface area contributed by atoms with Gasteiger partial charge in [-0.05, 0) is 43.7 Å². The van der Waals surface area contributed by atoms with Crippen LogP contribution in [-0.2, 0) is 0 Å². The molecule has 76 valence electrons. The van der Waals surface area contributed by atoms with E-state index in [0.29, 0.717) is 6.04 Å². The number of nitrogens with zero attached hydrogens (tertiary/aromatic N) is 1. The Morgan fingerprint density at radius 2 is 2.29 bits per heavy atom. The third-order valence-corrected chi connectivity index (χ3v) is 3.05. The van der Waals surface area contributed by atoms with E-state index in [1.807, 2.05) is 12.3 Å². The number of rotatable bonds is 2. The molecule has 14 heavy (non-hydrogen) atoms. The van der Waals surface area contributed by atoms with Crippen LogP contribution in [0.1, 0.15) is 31.7 Å². The number of aromatic nitrogens is 1. The number of aryl methyl sites for hydroxylation is 1. The van der Waals surface area contributed by atoms with Gasteiger partial charge in [0.05, 0.1) is 0 Å². The molecule has 2 atom stereocenters. The minimum atomic E-state index is 0.638. The maximum Gasteiger partial charge on any atom is 0.129 e. The van der Waals surface area contributed by atoms with Crippen LogP contribution < -0.4 is 5.32 Å². The second kappa shape index (κ2) is 3.99. The van der Waals surface area contributed by atoms with Crippen molar-refractivity contribution in [2.24, 2.45) is 5.92 Å². The smallest absolute Gasteiger partial charge is 0.129 e. The van der Waals surface area contributed by atoms with Gasteiger partial charge in [0.25, 0.3) is 0 Å². The van der Waals surface area contributed by atoms with Gasteiger partial charge in [0.15, 0.2) is 0 Å². The van der Waals surface area contributed by atoms with Crippen LogP contribution in [-0.4, -0.2) is 11.0 Å². The van der Waals surface area contributed by atoms with E-state index >= 15 is 0 Å². The van der Waals surface area contributed by atoms with Crippen LogP contribution in [0.5, 0.6) is 0 Å². The Balaban J connectivity index is 2.01. The lowest BCUT2D eigenvalue weighted by molar-refractivity contribution is 0.602. The molecule has 1 aromatic rings. The van der Waals surface area contributed by atoms with Crippen LogP contribution in [0.2, 0.25) is 0 Å². The third kappa shape index (κ3) is 2.06. The van der Waals surface area contributed by atoms with Gasteiger partial charge in [-0.2, -0.15) is 0 Å². The fraction of sp³-hybridized carbons (Fsp3) is 0.583. The summed E-state index contributed by atoms with van der Waals surface area (Å²) >= 11 is 0. The molecule has 0 saturated heterocycles. The molecule has 2 rings (SSSR count). The van der Waals surface area contributed by atoms with Crippen molar-refractivity contribution in [1.82, 2.24) is 4.98 Å². The van der Waals surface area contributed by atoms with Gasteiger partial charge in [0.1, 0.15) is 5.82 Å². The van der Waals surface area contributed by atoms with E-state index in [2.05, 4.69) is 30.2 Å². The fourth-order valence-electron chi connectivity index (χ4n) is 2.17. The van der Waals surface area contributed by atoms with Gasteiger partial charge in [0.2, 0.25) is 0 Å². The molecule has 2 unspecified atom stereocenters. The van der Waals surface area contributed by atoms with Gasteiger partial charge in [0, 0.05) is 12.2 Å². The quantitative estimate of drug-likeness (QED) is 0.775. The maximum atomic E-state index is 4.36. The monoisotopic (exact) mass is 190 g/mol. The van der Waals surface area contributed by atoms with E-state index < -0.39 is 0 Å². The van der Waals surface area contributed by atoms with Crippen molar-refractivity contribution >= 4 is 5.82 Å². The van der Waals surface area contributed by atoms with Crippen molar-refractivity contribution in [1.29, 1.82) is 0 Å². The zero-order valence-corrected chi connectivity index (χ0v) is 8.96. The minimum Gasteiger partial charge on any atom is -0.367 e. The first kappa shape index (κ1) is 9.50. The molecule has 1 aliphatic carbocycles. The van der Waals surface area contributed by atoms with Crippen LogP contribution >= 0.6 is 0 Å². The number of anilines is 1. The Morgan fingerprint density at radius 1 is 1.43 bits per heavy atom. The summed E-state index contributed by atoms with van der Waals surface area (Å²) in [6, 6.07) is 4.73. The van der Waals surface area contributed by atoms with Gasteiger partial charge in [-0.25, -0.2) is 4.98 Å². The average Bonchev–Trinajstić information content (AvgIpc) is 2.56. The molecule has 0 amide bonds. The van der Waals surface area contributed by atoms with Gasteiger partial charge in [-0.1, -0.05) is 13.0 Å². The highest BCUT2D eigenvalue weighted by Crippen LogP contribution is 2.27. The summed E-state index contributed by atoms with van der Waals surface area (Å²) in [4.78, 5) is 4.36. The molecule has 0 aromatic carbocycles. The predicted octanol–water partition coefficient (Wildman–Crippen LogP) is 2.99. The maximum absolute atomic E-state index is 4.36. The van der Waals surface area contributed by atoms with Crippen molar-refractivity contribution in [3.63, 3.8) is 0 Å². The number of nitrogens with one attached hydrogen (secondary N) is 1. The van der Waals surface area contributed by atoms with Crippen molar-refractivity contribution in [3.8, 4) is 0 Å². The second-order valence-electron chi connectivity index (χ2n) is 4.43. The lowest BCUT2D eigenvalue weighted by Gasteiger charge is -2.14. The van der Waals surface area contributed by atoms with Crippen LogP contribution in [0, 0.1) is 12.8 Å². The van der Waals surface area contributed by atoms with Crippen molar-refractivity contribution < 1.29 is 0 Å². The largest absolute Gasteiger partial charge is 0.367 e. The van der Waals surface area contributed by atoms with Crippen molar-refractivity contribution in [3.05, 3.63) is 23.9 Å². The average molecular weight is 190 g/mol. The third-order valence-electron chi connectivity index (χ3n) is 3.05. The first-order valence-electron chi connectivity index (χ1n) is 5.44. The lowest BCUT2D eigenvalue weighted by atomic mass is 10.1. The summed E-state index contributed by atoms with van der Waals surface area (Å²) in [5.74, 6) is 1.93. The van der Waals surface area contributed by atoms with E-state index in [1.165, 1.54) is 24.8 Å². The molecular weight excluding hydrogens is 172 g/mol. The predicted molar refractivity (Wildman–Crippen MR) is 59.4 cm³/mol. The minimum absolute atomic E-state index is 0.638. The molecule has 0 aliphatic heterocycles. The number of hydrogen-bond acceptors (Lipinski definition) is 2. The molecule has 0 spiro atoms. The summed E-state index contributed by atoms with van der Waals surface area (Å²) < 4.78 is 0. The normalized spacial score (nSPS) is 26.4. The molecular formula is C12H18N2. The zero-order chi connectivity index (χ0) is 9.97. The van der Waals surface area contributed by atoms with Crippen LogP contribution in [0.4, 0.5) is 5.82 Å². The molecule has 1 saturated carbocycles. The Hall–Kier alpha value is -1.05. The molecule has 1 aliphatic rings. The second-order valence-corrected chi connectivity index (χ2v) is 4.43. The Labute approximate surface area is 85.7 Å². The Bertz CT molecular complexity index is 309. The summed E-state index contributed by atoms with van der Waals surface area (Å²) in [6.07, 6.45) is 5.78. The van der Waals surface area contributed by atoms with Crippen molar-refractivity contribution in [2.75, 3.05) is 5.32 Å². The topological polar surface area (TPSA) is 24.9 Å². The molecule has 0 radical (unpaired) electrons. The molecule has 1 heterocycles. The van der Waals surface area contributed by atoms with Crippen LogP contribution in [0.25, 0.3) is 0 Å². The molecule has 0 bridgehead atoms. The van der Waals surface area contributed by atoms with E-state index in [0.717, 1.165) is 11.7 Å². The zero-order valence-electron chi connectivity index (χ0n) is 8.96. The lowest BCUT2D eigenvalue weighted by Crippen LogP contribution is -2.16. The Morgan fingerprint density at radius 3 is 2.93 bits per heavy atom. The van der Waals surface area contributed by atoms with Gasteiger partial charge >= 0.3 is 0 Å². The molecule has 1 fully saturated rings. The van der Waals surface area contributed by atoms with Gasteiger partial charge in [-0.3, -0.25) is 0 Å². The standard InChI is InChI=1S/C12H18N2/c1-9-5-6-11(8-9)14-12-10(2)4-3-7-13-12/h3-4,7,9,11H,5-6,8H2,1-2H3,(H,13,14). The van der Waals surface area contributed by atoms with Gasteiger partial charge in [-0.15, -0.1) is 0 Å². The van der Waals surface area contributed by atoms with E-state index in [9.17, 15) is 0 Å². The summed E-state index contributed by atoms with van der Waals surface area (Å²) in [5.41, 5.74) is 1.24. The highest BCUT2D eigenvalue weighted by molar-refractivity contribution is 5.43. The number of hydrogen-bond donors (Lipinski definition) is 1. The number of pyridine rings is 1. The van der Waals surface area contributed by atoms with E-state index in [-0.39, 0.29) is 0 Å². The summed E-state index contributed by atoms with van der Waals surface area (Å²) in [5, 5.41) is 3.53. The molecule has 2 heteroatoms. The Kier molecular flexibility index (Phi) is 2.71. The van der Waals surface area contributed by atoms with Gasteiger partial charge < -0.3 is 5.32 Å². The van der Waals surface area contributed by atoms with E-state index in [4.69, 9.17) is 0 Å². The SMILES string of the molecule is Cc1cccnc1NC1CCC(C)C1. The first-order chi connectivity index (χ1) is 6.75.